The number of halogens is 3. The first kappa shape index (κ1) is 24.1. The van der Waals surface area contributed by atoms with E-state index in [0.717, 1.165) is 61.8 Å². The molecule has 2 aliphatic rings. The molecule has 4 rings (SSSR count). The molecule has 0 spiro atoms. The quantitative estimate of drug-likeness (QED) is 0.677. The number of nitrogens with one attached hydrogen (secondary N) is 2. The fourth-order valence-corrected chi connectivity index (χ4v) is 5.48. The van der Waals surface area contributed by atoms with Crippen LogP contribution in [-0.2, 0) is 47.6 Å². The van der Waals surface area contributed by atoms with Crippen molar-refractivity contribution in [1.29, 1.82) is 0 Å². The average Bonchev–Trinajstić information content (AvgIpc) is 3.29. The largest absolute Gasteiger partial charge is 0.416 e. The van der Waals surface area contributed by atoms with Crippen molar-refractivity contribution in [2.24, 2.45) is 0 Å². The summed E-state index contributed by atoms with van der Waals surface area (Å²) in [5.74, 6) is -0.943. The number of aryl methyl sites for hydroxylation is 2. The second-order valence-corrected chi connectivity index (χ2v) is 9.43. The third kappa shape index (κ3) is 5.27. The van der Waals surface area contributed by atoms with Crippen molar-refractivity contribution >= 4 is 51.3 Å². The van der Waals surface area contributed by atoms with Gasteiger partial charge < -0.3 is 5.32 Å². The molecule has 5 nitrogen and oxygen atoms in total. The molecule has 0 heterocycles. The predicted octanol–water partition coefficient (Wildman–Crippen LogP) is 3.95. The molecule has 0 aromatic heterocycles. The number of hydrogen-bond donors (Lipinski definition) is 2. The summed E-state index contributed by atoms with van der Waals surface area (Å²) in [6, 6.07) is 5.66. The van der Waals surface area contributed by atoms with Gasteiger partial charge in [-0.1, -0.05) is 24.3 Å². The van der Waals surface area contributed by atoms with E-state index in [0.29, 0.717) is 5.69 Å². The fraction of sp³-hybridized carbons (Fsp3) is 0.381. The first-order chi connectivity index (χ1) is 14.1. The molecule has 31 heavy (non-hydrogen) atoms. The van der Waals surface area contributed by atoms with Gasteiger partial charge in [0.05, 0.1) is 11.3 Å². The molecule has 0 fully saturated rings. The second kappa shape index (κ2) is 9.13. The molecule has 0 atom stereocenters. The molecule has 0 aliphatic heterocycles. The monoisotopic (exact) mass is 461 g/mol. The molecule has 2 aliphatic carbocycles. The van der Waals surface area contributed by atoms with Crippen LogP contribution in [0.5, 0.6) is 0 Å². The normalized spacial score (nSPS) is 15.1. The van der Waals surface area contributed by atoms with Crippen LogP contribution in [0.15, 0.2) is 30.3 Å². The van der Waals surface area contributed by atoms with Crippen molar-refractivity contribution in [3.8, 4) is 0 Å². The Balaban J connectivity index is 0.00000272. The molecule has 2 amide bonds. The van der Waals surface area contributed by atoms with E-state index in [1.165, 1.54) is 23.3 Å². The maximum Gasteiger partial charge on any atom is 0.416 e. The zero-order chi connectivity index (χ0) is 21.5. The van der Waals surface area contributed by atoms with Crippen LogP contribution in [0.3, 0.4) is 0 Å². The number of urea groups is 1. The van der Waals surface area contributed by atoms with Crippen LogP contribution in [0, 0.1) is 0 Å². The smallest absolute Gasteiger partial charge is 0.307 e. The van der Waals surface area contributed by atoms with E-state index in [4.69, 9.17) is 0 Å². The second-order valence-electron chi connectivity index (χ2n) is 7.70. The van der Waals surface area contributed by atoms with Crippen LogP contribution >= 0.6 is 0 Å². The maximum atomic E-state index is 13.1. The Morgan fingerprint density at radius 2 is 1.55 bits per heavy atom. The van der Waals surface area contributed by atoms with Gasteiger partial charge in [-0.25, -0.2) is 17.9 Å². The van der Waals surface area contributed by atoms with Crippen LogP contribution in [0.2, 0.25) is 0 Å². The molecule has 0 bridgehead atoms. The topological polar surface area (TPSA) is 75.3 Å². The zero-order valence-electron chi connectivity index (χ0n) is 17.1. The molecule has 1 radical (unpaired) electrons. The summed E-state index contributed by atoms with van der Waals surface area (Å²) in [6.07, 6.45) is 0.729. The van der Waals surface area contributed by atoms with Gasteiger partial charge in [0.25, 0.3) is 0 Å². The number of amides is 2. The minimum absolute atomic E-state index is 0. The van der Waals surface area contributed by atoms with E-state index >= 15 is 0 Å². The van der Waals surface area contributed by atoms with Crippen molar-refractivity contribution < 1.29 is 26.4 Å². The summed E-state index contributed by atoms with van der Waals surface area (Å²) in [5, 5.41) is 2.68. The summed E-state index contributed by atoms with van der Waals surface area (Å²) < 4.78 is 66.1. The molecule has 10 heteroatoms. The van der Waals surface area contributed by atoms with Crippen LogP contribution in [-0.4, -0.2) is 44.0 Å². The number of alkyl halides is 3. The number of carbonyl (C=O) groups excluding carboxylic acids is 1. The van der Waals surface area contributed by atoms with Gasteiger partial charge >= 0.3 is 12.2 Å². The van der Waals surface area contributed by atoms with Crippen molar-refractivity contribution in [2.45, 2.75) is 50.5 Å². The van der Waals surface area contributed by atoms with Crippen LogP contribution in [0.1, 0.15) is 46.2 Å². The first-order valence-corrected chi connectivity index (χ1v) is 11.4. The molecule has 161 valence electrons. The Labute approximate surface area is 201 Å². The molecule has 2 N–H and O–H groups in total. The third-order valence-electron chi connectivity index (χ3n) is 5.63. The van der Waals surface area contributed by atoms with Crippen LogP contribution < -0.4 is 10.0 Å². The molecule has 0 saturated heterocycles. The molecule has 2 aromatic carbocycles. The summed E-state index contributed by atoms with van der Waals surface area (Å²) in [4.78, 5) is 12.5. The first-order valence-electron chi connectivity index (χ1n) is 9.77. The van der Waals surface area contributed by atoms with E-state index in [1.54, 1.807) is 0 Å². The van der Waals surface area contributed by atoms with E-state index in [9.17, 15) is 26.4 Å². The van der Waals surface area contributed by atoms with Gasteiger partial charge in [-0.05, 0) is 72.4 Å². The standard InChI is InChI=1S/C21H21F3N2O3S.Na/c22-21(23,24)18-10-2-1-5-15(18)12-30(28,29)26-20(27)25-19-16-8-3-6-13(16)11-14-7-4-9-17(14)19;/h1-2,5,10-11H,3-4,6-9,12H2,(H2,25,26,27);. The van der Waals surface area contributed by atoms with E-state index in [-0.39, 0.29) is 29.6 Å². The molecule has 0 unspecified atom stereocenters. The average molecular weight is 461 g/mol. The van der Waals surface area contributed by atoms with E-state index in [2.05, 4.69) is 11.4 Å². The Hall–Kier alpha value is -1.55. The number of hydrogen-bond acceptors (Lipinski definition) is 3. The molecular formula is C21H21F3N2NaO3S. The van der Waals surface area contributed by atoms with Gasteiger partial charge in [0.2, 0.25) is 10.0 Å². The Morgan fingerprint density at radius 1 is 0.968 bits per heavy atom. The van der Waals surface area contributed by atoms with Gasteiger partial charge in [0, 0.05) is 35.2 Å². The minimum atomic E-state index is -4.68. The Bertz CT molecular complexity index is 1090. The Kier molecular flexibility index (Phi) is 7.10. The van der Waals surface area contributed by atoms with Crippen molar-refractivity contribution in [3.63, 3.8) is 0 Å². The van der Waals surface area contributed by atoms with Crippen molar-refractivity contribution in [1.82, 2.24) is 4.72 Å². The van der Waals surface area contributed by atoms with Crippen LogP contribution in [0.25, 0.3) is 0 Å². The van der Waals surface area contributed by atoms with E-state index in [1.807, 2.05) is 4.72 Å². The van der Waals surface area contributed by atoms with Gasteiger partial charge in [-0.3, -0.25) is 0 Å². The van der Waals surface area contributed by atoms with Gasteiger partial charge in [-0.2, -0.15) is 13.2 Å². The van der Waals surface area contributed by atoms with Crippen molar-refractivity contribution in [3.05, 3.63) is 63.7 Å². The van der Waals surface area contributed by atoms with Crippen LogP contribution in [0.4, 0.5) is 23.7 Å². The molecule has 0 saturated carbocycles. The summed E-state index contributed by atoms with van der Waals surface area (Å²) in [6.45, 7) is 0. The summed E-state index contributed by atoms with van der Waals surface area (Å²) in [5.41, 5.74) is 3.64. The number of benzene rings is 2. The summed E-state index contributed by atoms with van der Waals surface area (Å²) >= 11 is 0. The van der Waals surface area contributed by atoms with Gasteiger partial charge in [-0.15, -0.1) is 0 Å². The SMILES string of the molecule is O=C(Nc1c2c(cc3c1CCC3)CCC2)NS(=O)(=O)Cc1ccccc1C(F)(F)F.[Na]. The maximum absolute atomic E-state index is 13.1. The number of fused-ring (bicyclic) bond motifs is 2. The Morgan fingerprint density at radius 3 is 2.13 bits per heavy atom. The van der Waals surface area contributed by atoms with Gasteiger partial charge in [0.1, 0.15) is 0 Å². The predicted molar refractivity (Wildman–Crippen MR) is 112 cm³/mol. The fourth-order valence-electron chi connectivity index (χ4n) is 4.41. The number of rotatable bonds is 4. The summed E-state index contributed by atoms with van der Waals surface area (Å²) in [7, 11) is -4.33. The van der Waals surface area contributed by atoms with Crippen molar-refractivity contribution in [2.75, 3.05) is 5.32 Å². The molecule has 2 aromatic rings. The molecular weight excluding hydrogens is 440 g/mol. The zero-order valence-corrected chi connectivity index (χ0v) is 19.9. The van der Waals surface area contributed by atoms with E-state index < -0.39 is 39.1 Å². The third-order valence-corrected chi connectivity index (χ3v) is 6.82. The number of sulfonamides is 1. The van der Waals surface area contributed by atoms with Gasteiger partial charge in [0.15, 0.2) is 0 Å². The number of carbonyl (C=O) groups is 1. The number of anilines is 1. The minimum Gasteiger partial charge on any atom is -0.307 e.